The van der Waals surface area contributed by atoms with Crippen molar-refractivity contribution in [1.82, 2.24) is 10.6 Å². The van der Waals surface area contributed by atoms with Gasteiger partial charge in [-0.2, -0.15) is 0 Å². The molecule has 2 N–H and O–H groups in total. The molecule has 0 saturated heterocycles. The fourth-order valence-corrected chi connectivity index (χ4v) is 11.9. The van der Waals surface area contributed by atoms with Crippen molar-refractivity contribution in [3.05, 3.63) is 0 Å². The normalized spacial score (nSPS) is 34.6. The summed E-state index contributed by atoms with van der Waals surface area (Å²) in [7, 11) is 0. The minimum atomic E-state index is 0.0176. The molecule has 0 amide bonds. The number of carbonyl (C=O) groups excluding carboxylic acids is 1. The summed E-state index contributed by atoms with van der Waals surface area (Å²) in [5.41, 5.74) is 0.521. The lowest BCUT2D eigenvalue weighted by Gasteiger charge is -2.65. The Hall–Kier alpha value is -0.570. The van der Waals surface area contributed by atoms with Crippen molar-refractivity contribution in [2.45, 2.75) is 236 Å². The molecule has 0 aromatic heterocycles. The van der Waals surface area contributed by atoms with E-state index in [1.807, 2.05) is 13.8 Å². The molecule has 324 valence electrons. The van der Waals surface area contributed by atoms with Gasteiger partial charge in [0, 0.05) is 30.0 Å². The van der Waals surface area contributed by atoms with Gasteiger partial charge in [-0.1, -0.05) is 62.3 Å². The average Bonchev–Trinajstić information content (AvgIpc) is 3.43. The Kier molecular flexibility index (Phi) is 19.2. The maximum Gasteiger partial charge on any atom is 0.152 e. The minimum absolute atomic E-state index is 0.0176. The molecule has 4 aliphatic rings. The predicted molar refractivity (Wildman–Crippen MR) is 231 cm³/mol. The standard InChI is InChI=1S/C34H62O4.C14H30N2O/c1-20(2)35-19-24(9)27-12-13-28-32-29(18-31(34(27,28)11)38-23(7)8)33(10)15-14-26(36-21(3)4)16-25(33)17-30(32)37-22(5)6;1-10(2)14(17)13(16-12(5)6)8-7-9-15-11(3)4/h20-32H,12-19H2,1-11H3;10-13,15-16H,7-9H2,1-6H3/t24-,25?,26?,27?,28?,29?,30?,31?,32?,33?,34?;/m1./s1. The van der Waals surface area contributed by atoms with Gasteiger partial charge in [0.1, 0.15) is 0 Å². The lowest BCUT2D eigenvalue weighted by atomic mass is 9.43. The van der Waals surface area contributed by atoms with Crippen LogP contribution in [0.1, 0.15) is 175 Å². The Balaban J connectivity index is 0.000000404. The lowest BCUT2D eigenvalue weighted by Crippen LogP contribution is -2.63. The van der Waals surface area contributed by atoms with Crippen LogP contribution in [-0.2, 0) is 23.7 Å². The molecular formula is C48H92N2O5. The van der Waals surface area contributed by atoms with Crippen LogP contribution in [0.25, 0.3) is 0 Å². The zero-order valence-electron chi connectivity index (χ0n) is 39.1. The van der Waals surface area contributed by atoms with Crippen LogP contribution in [0, 0.1) is 52.3 Å². The van der Waals surface area contributed by atoms with Gasteiger partial charge in [-0.05, 0) is 161 Å². The van der Waals surface area contributed by atoms with Crippen LogP contribution in [0.3, 0.4) is 0 Å². The summed E-state index contributed by atoms with van der Waals surface area (Å²) in [6, 6.07) is 0.900. The number of ether oxygens (including phenoxy) is 4. The van der Waals surface area contributed by atoms with Crippen molar-refractivity contribution >= 4 is 5.78 Å². The molecule has 4 rings (SSSR count). The Morgan fingerprint density at radius 1 is 0.709 bits per heavy atom. The minimum Gasteiger partial charge on any atom is -0.379 e. The Morgan fingerprint density at radius 2 is 1.35 bits per heavy atom. The third-order valence-electron chi connectivity index (χ3n) is 14.2. The van der Waals surface area contributed by atoms with Crippen LogP contribution in [0.5, 0.6) is 0 Å². The van der Waals surface area contributed by atoms with E-state index in [2.05, 4.69) is 114 Å². The molecule has 11 unspecified atom stereocenters. The van der Waals surface area contributed by atoms with Crippen molar-refractivity contribution in [3.8, 4) is 0 Å². The van der Waals surface area contributed by atoms with Gasteiger partial charge < -0.3 is 29.6 Å². The molecule has 0 aromatic carbocycles. The molecular weight excluding hydrogens is 685 g/mol. The molecule has 0 spiro atoms. The Bertz CT molecular complexity index is 1120. The van der Waals surface area contributed by atoms with Gasteiger partial charge in [-0.15, -0.1) is 0 Å². The number of carbonyl (C=O) groups is 1. The first-order valence-corrected chi connectivity index (χ1v) is 23.2. The van der Waals surface area contributed by atoms with Gasteiger partial charge in [0.2, 0.25) is 0 Å². The number of nitrogens with one attached hydrogen (secondary N) is 2. The van der Waals surface area contributed by atoms with Crippen molar-refractivity contribution in [1.29, 1.82) is 0 Å². The fraction of sp³-hybridized carbons (Fsp3) is 0.979. The van der Waals surface area contributed by atoms with Crippen LogP contribution in [0.2, 0.25) is 0 Å². The van der Waals surface area contributed by atoms with Crippen LogP contribution in [-0.4, -0.2) is 79.8 Å². The molecule has 0 heterocycles. The number of Topliss-reactive ketones (excluding diaryl/α,β-unsaturated/α-hetero) is 1. The van der Waals surface area contributed by atoms with E-state index >= 15 is 0 Å². The molecule has 0 bridgehead atoms. The number of fused-ring (bicyclic) bond motifs is 5. The smallest absolute Gasteiger partial charge is 0.152 e. The molecule has 7 nitrogen and oxygen atoms in total. The Labute approximate surface area is 341 Å². The maximum atomic E-state index is 12.0. The average molecular weight is 777 g/mol. The fourth-order valence-electron chi connectivity index (χ4n) is 11.9. The van der Waals surface area contributed by atoms with E-state index in [-0.39, 0.29) is 35.7 Å². The van der Waals surface area contributed by atoms with Crippen LogP contribution in [0.4, 0.5) is 0 Å². The van der Waals surface area contributed by atoms with Gasteiger partial charge in [-0.3, -0.25) is 4.79 Å². The highest BCUT2D eigenvalue weighted by atomic mass is 16.5. The number of ketones is 1. The SMILES string of the molecule is CC(C)NCCCC(NC(C)C)C(=O)C(C)C.CC(C)OC[C@@H](C)C1CCC2C3C(OC(C)C)CC4CC(OC(C)C)CCC4(C)C3CC(OC(C)C)C21C. The molecule has 4 aliphatic carbocycles. The van der Waals surface area contributed by atoms with Gasteiger partial charge in [0.15, 0.2) is 5.78 Å². The highest BCUT2D eigenvalue weighted by molar-refractivity contribution is 5.85. The third kappa shape index (κ3) is 13.0. The molecule has 55 heavy (non-hydrogen) atoms. The maximum absolute atomic E-state index is 12.0. The van der Waals surface area contributed by atoms with Crippen molar-refractivity contribution < 1.29 is 23.7 Å². The van der Waals surface area contributed by atoms with E-state index in [1.165, 1.54) is 44.9 Å². The number of hydrogen-bond acceptors (Lipinski definition) is 7. The van der Waals surface area contributed by atoms with Gasteiger partial charge in [0.05, 0.1) is 48.8 Å². The van der Waals surface area contributed by atoms with Crippen molar-refractivity contribution in [3.63, 3.8) is 0 Å². The van der Waals surface area contributed by atoms with Crippen molar-refractivity contribution in [2.75, 3.05) is 13.2 Å². The Morgan fingerprint density at radius 3 is 1.89 bits per heavy atom. The monoisotopic (exact) mass is 777 g/mol. The zero-order valence-corrected chi connectivity index (χ0v) is 39.1. The van der Waals surface area contributed by atoms with Gasteiger partial charge in [0.25, 0.3) is 0 Å². The largest absolute Gasteiger partial charge is 0.379 e. The molecule has 7 heteroatoms. The second-order valence-corrected chi connectivity index (χ2v) is 21.0. The summed E-state index contributed by atoms with van der Waals surface area (Å²) in [6.07, 6.45) is 12.8. The summed E-state index contributed by atoms with van der Waals surface area (Å²) >= 11 is 0. The summed E-state index contributed by atoms with van der Waals surface area (Å²) in [4.78, 5) is 12.0. The summed E-state index contributed by atoms with van der Waals surface area (Å²) in [6.45, 7) is 39.6. The van der Waals surface area contributed by atoms with Crippen LogP contribution >= 0.6 is 0 Å². The molecule has 12 atom stereocenters. The predicted octanol–water partition coefficient (Wildman–Crippen LogP) is 10.7. The molecule has 0 aliphatic heterocycles. The van der Waals surface area contributed by atoms with Gasteiger partial charge >= 0.3 is 0 Å². The van der Waals surface area contributed by atoms with E-state index in [0.29, 0.717) is 83.2 Å². The topological polar surface area (TPSA) is 78.1 Å². The van der Waals surface area contributed by atoms with E-state index in [0.717, 1.165) is 26.0 Å². The highest BCUT2D eigenvalue weighted by Gasteiger charge is 2.67. The molecule has 0 radical (unpaired) electrons. The van der Waals surface area contributed by atoms with E-state index in [9.17, 15) is 4.79 Å². The van der Waals surface area contributed by atoms with E-state index < -0.39 is 0 Å². The quantitative estimate of drug-likeness (QED) is 0.127. The van der Waals surface area contributed by atoms with Gasteiger partial charge in [-0.25, -0.2) is 0 Å². The zero-order chi connectivity index (χ0) is 41.4. The first kappa shape index (κ1) is 48.8. The van der Waals surface area contributed by atoms with Crippen LogP contribution in [0.15, 0.2) is 0 Å². The number of rotatable bonds is 19. The van der Waals surface area contributed by atoms with Crippen LogP contribution < -0.4 is 10.6 Å². The highest BCUT2D eigenvalue weighted by Crippen LogP contribution is 2.69. The molecule has 4 saturated carbocycles. The molecule has 4 fully saturated rings. The first-order valence-electron chi connectivity index (χ1n) is 23.2. The summed E-state index contributed by atoms with van der Waals surface area (Å²) < 4.78 is 26.5. The summed E-state index contributed by atoms with van der Waals surface area (Å²) in [5, 5.41) is 6.75. The second-order valence-electron chi connectivity index (χ2n) is 21.0. The number of hydrogen-bond donors (Lipinski definition) is 2. The van der Waals surface area contributed by atoms with E-state index in [4.69, 9.17) is 18.9 Å². The summed E-state index contributed by atoms with van der Waals surface area (Å²) in [5.74, 6) is 4.24. The van der Waals surface area contributed by atoms with E-state index in [1.54, 1.807) is 0 Å². The first-order chi connectivity index (χ1) is 25.6. The molecule has 0 aromatic rings. The van der Waals surface area contributed by atoms with Crippen molar-refractivity contribution in [2.24, 2.45) is 52.3 Å². The second kappa shape index (κ2) is 21.6. The third-order valence-corrected chi connectivity index (χ3v) is 14.2. The lowest BCUT2D eigenvalue weighted by molar-refractivity contribution is -0.238.